The summed E-state index contributed by atoms with van der Waals surface area (Å²) in [6.45, 7) is -0.136. The first kappa shape index (κ1) is 16.3. The van der Waals surface area contributed by atoms with Crippen LogP contribution in [0.2, 0.25) is 0 Å². The van der Waals surface area contributed by atoms with Gasteiger partial charge >= 0.3 is 5.97 Å². The molecule has 0 aliphatic carbocycles. The molecule has 0 fully saturated rings. The summed E-state index contributed by atoms with van der Waals surface area (Å²) in [6, 6.07) is 13.6. The zero-order valence-corrected chi connectivity index (χ0v) is 12.8. The predicted octanol–water partition coefficient (Wildman–Crippen LogP) is 3.28. The normalized spacial score (nSPS) is 10.4. The number of benzene rings is 2. The number of esters is 1. The van der Waals surface area contributed by atoms with Gasteiger partial charge < -0.3 is 4.74 Å². The number of nitro benzene ring substituents is 1. The number of aromatic nitrogens is 2. The Bertz CT molecular complexity index is 925. The summed E-state index contributed by atoms with van der Waals surface area (Å²) >= 11 is 0. The van der Waals surface area contributed by atoms with E-state index in [-0.39, 0.29) is 12.2 Å². The largest absolute Gasteiger partial charge is 0.456 e. The molecule has 0 saturated carbocycles. The van der Waals surface area contributed by atoms with E-state index < -0.39 is 22.4 Å². The molecule has 0 bridgehead atoms. The number of rotatable bonds is 5. The molecule has 0 amide bonds. The van der Waals surface area contributed by atoms with Crippen LogP contribution in [-0.4, -0.2) is 20.7 Å². The molecule has 8 heteroatoms. The van der Waals surface area contributed by atoms with Gasteiger partial charge in [0.1, 0.15) is 18.1 Å². The molecule has 0 unspecified atom stereocenters. The number of para-hydroxylation sites is 1. The molecule has 0 aliphatic heterocycles. The summed E-state index contributed by atoms with van der Waals surface area (Å²) in [5, 5.41) is 15.0. The fourth-order valence-corrected chi connectivity index (χ4v) is 2.18. The lowest BCUT2D eigenvalue weighted by atomic mass is 10.2. The summed E-state index contributed by atoms with van der Waals surface area (Å²) in [6.07, 6.45) is 1.71. The highest BCUT2D eigenvalue weighted by Gasteiger charge is 2.16. The molecular formula is C17H12FN3O4. The van der Waals surface area contributed by atoms with Gasteiger partial charge in [-0.2, -0.15) is 5.10 Å². The lowest BCUT2D eigenvalue weighted by Crippen LogP contribution is -2.07. The summed E-state index contributed by atoms with van der Waals surface area (Å²) < 4.78 is 20.0. The zero-order valence-electron chi connectivity index (χ0n) is 12.8. The summed E-state index contributed by atoms with van der Waals surface area (Å²) in [5.74, 6) is -1.74. The summed E-state index contributed by atoms with van der Waals surface area (Å²) in [5.41, 5.74) is 0.596. The number of nitrogens with zero attached hydrogens (tertiary/aromatic N) is 3. The van der Waals surface area contributed by atoms with E-state index in [4.69, 9.17) is 4.74 Å². The predicted molar refractivity (Wildman–Crippen MR) is 85.7 cm³/mol. The molecule has 3 aromatic rings. The molecule has 0 radical (unpaired) electrons. The third-order valence-corrected chi connectivity index (χ3v) is 3.35. The third-order valence-electron chi connectivity index (χ3n) is 3.35. The fourth-order valence-electron chi connectivity index (χ4n) is 2.18. The van der Waals surface area contributed by atoms with Gasteiger partial charge in [0.05, 0.1) is 22.2 Å². The molecule has 3 rings (SSSR count). The second-order valence-electron chi connectivity index (χ2n) is 5.12. The number of ether oxygens (including phenoxy) is 1. The minimum Gasteiger partial charge on any atom is -0.456 e. The molecular weight excluding hydrogens is 329 g/mol. The van der Waals surface area contributed by atoms with E-state index in [0.717, 1.165) is 23.9 Å². The molecule has 0 aliphatic rings. The van der Waals surface area contributed by atoms with Crippen molar-refractivity contribution in [2.24, 2.45) is 0 Å². The second-order valence-corrected chi connectivity index (χ2v) is 5.12. The van der Waals surface area contributed by atoms with Crippen LogP contribution in [0.1, 0.15) is 16.1 Å². The number of hydrogen-bond acceptors (Lipinski definition) is 5. The van der Waals surface area contributed by atoms with Gasteiger partial charge in [-0.3, -0.25) is 10.1 Å². The van der Waals surface area contributed by atoms with Crippen LogP contribution in [0.25, 0.3) is 5.69 Å². The van der Waals surface area contributed by atoms with Crippen molar-refractivity contribution in [2.45, 2.75) is 6.61 Å². The summed E-state index contributed by atoms with van der Waals surface area (Å²) in [4.78, 5) is 21.9. The van der Waals surface area contributed by atoms with Gasteiger partial charge in [0.15, 0.2) is 0 Å². The molecule has 0 saturated heterocycles. The van der Waals surface area contributed by atoms with Gasteiger partial charge in [0, 0.05) is 12.3 Å². The van der Waals surface area contributed by atoms with Crippen LogP contribution in [0.3, 0.4) is 0 Å². The van der Waals surface area contributed by atoms with E-state index in [1.807, 2.05) is 30.3 Å². The Morgan fingerprint density at radius 3 is 2.68 bits per heavy atom. The van der Waals surface area contributed by atoms with Gasteiger partial charge in [-0.1, -0.05) is 18.2 Å². The van der Waals surface area contributed by atoms with Crippen molar-refractivity contribution in [3.8, 4) is 5.69 Å². The zero-order chi connectivity index (χ0) is 17.8. The fraction of sp³-hybridized carbons (Fsp3) is 0.0588. The topological polar surface area (TPSA) is 87.3 Å². The van der Waals surface area contributed by atoms with Crippen molar-refractivity contribution in [3.05, 3.63) is 88.0 Å². The molecule has 0 N–H and O–H groups in total. The molecule has 1 heterocycles. The first-order valence-electron chi connectivity index (χ1n) is 7.25. The van der Waals surface area contributed by atoms with E-state index >= 15 is 0 Å². The van der Waals surface area contributed by atoms with Gasteiger partial charge in [0.25, 0.3) is 5.69 Å². The highest BCUT2D eigenvalue weighted by Crippen LogP contribution is 2.17. The van der Waals surface area contributed by atoms with Gasteiger partial charge in [0.2, 0.25) is 0 Å². The van der Waals surface area contributed by atoms with Crippen LogP contribution in [0.5, 0.6) is 0 Å². The Labute approximate surface area is 141 Å². The summed E-state index contributed by atoms with van der Waals surface area (Å²) in [7, 11) is 0. The molecule has 0 atom stereocenters. The standard InChI is InChI=1S/C17H12FN3O4/c18-13-8-12(9-16(10-13)21(23)24)17(22)25-11-14-6-7-20(19-14)15-4-2-1-3-5-15/h1-10H,11H2. The van der Waals surface area contributed by atoms with Crippen LogP contribution >= 0.6 is 0 Å². The van der Waals surface area contributed by atoms with E-state index in [1.54, 1.807) is 16.9 Å². The van der Waals surface area contributed by atoms with E-state index in [0.29, 0.717) is 5.69 Å². The quantitative estimate of drug-likeness (QED) is 0.404. The van der Waals surface area contributed by atoms with Crippen LogP contribution in [0.4, 0.5) is 10.1 Å². The lowest BCUT2D eigenvalue weighted by molar-refractivity contribution is -0.385. The number of non-ortho nitro benzene ring substituents is 1. The van der Waals surface area contributed by atoms with Crippen LogP contribution < -0.4 is 0 Å². The van der Waals surface area contributed by atoms with E-state index in [1.165, 1.54) is 0 Å². The van der Waals surface area contributed by atoms with E-state index in [2.05, 4.69) is 5.10 Å². The van der Waals surface area contributed by atoms with E-state index in [9.17, 15) is 19.3 Å². The minimum absolute atomic E-state index is 0.136. The Hall–Kier alpha value is -3.55. The Morgan fingerprint density at radius 1 is 1.20 bits per heavy atom. The molecule has 25 heavy (non-hydrogen) atoms. The Kier molecular flexibility index (Phi) is 4.51. The number of hydrogen-bond donors (Lipinski definition) is 0. The highest BCUT2D eigenvalue weighted by atomic mass is 19.1. The lowest BCUT2D eigenvalue weighted by Gasteiger charge is -2.04. The molecule has 1 aromatic heterocycles. The van der Waals surface area contributed by atoms with Crippen molar-refractivity contribution < 1.29 is 18.8 Å². The van der Waals surface area contributed by atoms with Crippen LogP contribution in [0, 0.1) is 15.9 Å². The maximum absolute atomic E-state index is 13.4. The Balaban J connectivity index is 1.69. The number of carbonyl (C=O) groups excluding carboxylic acids is 1. The van der Waals surface area contributed by atoms with Crippen molar-refractivity contribution >= 4 is 11.7 Å². The number of nitro groups is 1. The molecule has 126 valence electrons. The van der Waals surface area contributed by atoms with Gasteiger partial charge in [-0.15, -0.1) is 0 Å². The first-order valence-corrected chi connectivity index (χ1v) is 7.25. The second kappa shape index (κ2) is 6.91. The number of halogens is 1. The van der Waals surface area contributed by atoms with Crippen LogP contribution in [-0.2, 0) is 11.3 Å². The van der Waals surface area contributed by atoms with Crippen molar-refractivity contribution in [1.82, 2.24) is 9.78 Å². The molecule has 7 nitrogen and oxygen atoms in total. The van der Waals surface area contributed by atoms with Crippen LogP contribution in [0.15, 0.2) is 60.8 Å². The maximum Gasteiger partial charge on any atom is 0.338 e. The molecule has 0 spiro atoms. The smallest absolute Gasteiger partial charge is 0.338 e. The molecule has 2 aromatic carbocycles. The number of carbonyl (C=O) groups is 1. The SMILES string of the molecule is O=C(OCc1ccn(-c2ccccc2)n1)c1cc(F)cc([N+](=O)[O-])c1. The van der Waals surface area contributed by atoms with Crippen molar-refractivity contribution in [2.75, 3.05) is 0 Å². The minimum atomic E-state index is -0.880. The van der Waals surface area contributed by atoms with Gasteiger partial charge in [-0.05, 0) is 24.3 Å². The average molecular weight is 341 g/mol. The average Bonchev–Trinajstić information content (AvgIpc) is 3.09. The highest BCUT2D eigenvalue weighted by molar-refractivity contribution is 5.90. The first-order chi connectivity index (χ1) is 12.0. The monoisotopic (exact) mass is 341 g/mol. The van der Waals surface area contributed by atoms with Gasteiger partial charge in [-0.25, -0.2) is 13.9 Å². The maximum atomic E-state index is 13.4. The Morgan fingerprint density at radius 2 is 1.96 bits per heavy atom. The third kappa shape index (κ3) is 3.86. The van der Waals surface area contributed by atoms with Crippen molar-refractivity contribution in [3.63, 3.8) is 0 Å². The van der Waals surface area contributed by atoms with Crippen molar-refractivity contribution in [1.29, 1.82) is 0 Å².